The van der Waals surface area contributed by atoms with E-state index in [4.69, 9.17) is 18.7 Å². The highest BCUT2D eigenvalue weighted by Crippen LogP contribution is 2.33. The van der Waals surface area contributed by atoms with Crippen molar-refractivity contribution in [3.05, 3.63) is 71.1 Å². The van der Waals surface area contributed by atoms with Crippen molar-refractivity contribution in [3.63, 3.8) is 0 Å². The molecule has 5 amide bonds. The Morgan fingerprint density at radius 1 is 0.920 bits per heavy atom. The number of carbonyl (C=O) groups is 5. The van der Waals surface area contributed by atoms with Gasteiger partial charge in [0.1, 0.15) is 48.4 Å². The van der Waals surface area contributed by atoms with Crippen LogP contribution in [0.3, 0.4) is 0 Å². The van der Waals surface area contributed by atoms with Crippen LogP contribution in [0.25, 0.3) is 21.1 Å². The molecule has 18 nitrogen and oxygen atoms in total. The number of pyridine rings is 1. The number of likely N-dealkylation sites (N-methyl/N-ethyl adjacent to an activating group) is 1. The minimum Gasteiger partial charge on any atom is -0.489 e. The van der Waals surface area contributed by atoms with Crippen molar-refractivity contribution in [3.8, 4) is 11.6 Å². The highest BCUT2D eigenvalue weighted by molar-refractivity contribution is 7.17. The van der Waals surface area contributed by atoms with Crippen molar-refractivity contribution >= 4 is 62.2 Å². The number of nitrogens with zero attached hydrogens (tertiary/aromatic N) is 8. The number of hydrogen-bond donors (Lipinski definition) is 1. The van der Waals surface area contributed by atoms with Crippen molar-refractivity contribution in [2.75, 3.05) is 52.9 Å². The molecule has 75 heavy (non-hydrogen) atoms. The van der Waals surface area contributed by atoms with Crippen LogP contribution in [-0.4, -0.2) is 158 Å². The van der Waals surface area contributed by atoms with E-state index in [1.165, 1.54) is 22.6 Å². The minimum absolute atomic E-state index is 0.0813. The molecule has 0 unspecified atom stereocenters. The lowest BCUT2D eigenvalue weighted by atomic mass is 9.83. The smallest absolute Gasteiger partial charge is 0.410 e. The van der Waals surface area contributed by atoms with Gasteiger partial charge in [0.05, 0.1) is 28.3 Å². The Morgan fingerprint density at radius 3 is 2.43 bits per heavy atom. The van der Waals surface area contributed by atoms with Gasteiger partial charge in [0, 0.05) is 76.1 Å². The summed E-state index contributed by atoms with van der Waals surface area (Å²) in [7, 11) is 1.49. The van der Waals surface area contributed by atoms with Crippen LogP contribution in [0, 0.1) is 17.6 Å². The first-order chi connectivity index (χ1) is 35.9. The summed E-state index contributed by atoms with van der Waals surface area (Å²) < 4.78 is 55.8. The number of halogens is 2. The SMILES string of the molecule is C[C@@H](C(=O)N[C@H](C(=O)N1CCN(C(=O)c2cc3cc(F)c(F)cc3n2CC(=O)N2CCC[C@H]2COc2cc(CN3CCC(Oc4ccnc5ccsc45)CC3)on2)[C@@H](C)C1)C1CCCCC1)N(C)C(=O)OC(C)(C)C. The number of piperidine rings is 1. The molecule has 3 aliphatic heterocycles. The van der Waals surface area contributed by atoms with Crippen LogP contribution in [0.1, 0.15) is 109 Å². The van der Waals surface area contributed by atoms with Crippen LogP contribution in [0.4, 0.5) is 13.6 Å². The van der Waals surface area contributed by atoms with Crippen LogP contribution in [-0.2, 0) is 32.2 Å². The summed E-state index contributed by atoms with van der Waals surface area (Å²) >= 11 is 1.63. The molecule has 21 heteroatoms. The van der Waals surface area contributed by atoms with E-state index in [9.17, 15) is 32.8 Å². The molecule has 0 spiro atoms. The predicted molar refractivity (Wildman–Crippen MR) is 276 cm³/mol. The topological polar surface area (TPSA) is 185 Å². The largest absolute Gasteiger partial charge is 0.489 e. The second kappa shape index (κ2) is 22.9. The van der Waals surface area contributed by atoms with Gasteiger partial charge in [0.25, 0.3) is 11.8 Å². The van der Waals surface area contributed by atoms with Gasteiger partial charge < -0.3 is 43.3 Å². The molecule has 9 rings (SSSR count). The highest BCUT2D eigenvalue weighted by Gasteiger charge is 2.40. The van der Waals surface area contributed by atoms with Crippen LogP contribution in [0.15, 0.2) is 52.5 Å². The minimum atomic E-state index is -1.11. The molecule has 0 radical (unpaired) electrons. The first-order valence-electron chi connectivity index (χ1n) is 26.3. The highest BCUT2D eigenvalue weighted by atomic mass is 32.1. The molecule has 1 aromatic carbocycles. The molecule has 1 aliphatic carbocycles. The molecular weight excluding hydrogens is 989 g/mol. The first-order valence-corrected chi connectivity index (χ1v) is 27.2. The lowest BCUT2D eigenvalue weighted by molar-refractivity contribution is -0.141. The summed E-state index contributed by atoms with van der Waals surface area (Å²) in [5.41, 5.74) is 0.451. The van der Waals surface area contributed by atoms with E-state index in [1.54, 1.807) is 66.0 Å². The monoisotopic (exact) mass is 1060 g/mol. The standard InChI is InChI=1S/C54H69F2N9O9S/c1-33-29-62(52(69)48(35-11-8-7-9-12-35)58-50(67)34(2)60(6)53(70)73-54(3,4)5)22-23-63(33)51(68)44-26-36-25-40(55)41(56)28-43(36)65(44)31-47(66)64-19-10-13-37(64)32-71-46-27-39(74-59-46)30-61-20-15-38(16-21-61)72-45-14-18-57-42-17-24-75-49(42)45/h14,17-18,24-28,33-35,37-38,48H,7-13,15-16,19-23,29-32H2,1-6H3,(H,58,67)/t33-,34-,37-,48-/m0/s1. The maximum atomic E-state index is 14.9. The van der Waals surface area contributed by atoms with E-state index in [1.807, 2.05) is 24.4 Å². The number of nitrogens with one attached hydrogen (secondary N) is 1. The zero-order chi connectivity index (χ0) is 53.1. The lowest BCUT2D eigenvalue weighted by Crippen LogP contribution is -2.61. The number of likely N-dealkylation sites (tertiary alicyclic amines) is 2. The van der Waals surface area contributed by atoms with Crippen molar-refractivity contribution in [2.24, 2.45) is 5.92 Å². The Hall–Kier alpha value is -6.35. The van der Waals surface area contributed by atoms with Gasteiger partial charge in [-0.05, 0) is 114 Å². The van der Waals surface area contributed by atoms with Gasteiger partial charge in [-0.15, -0.1) is 11.3 Å². The van der Waals surface area contributed by atoms with Gasteiger partial charge in [-0.2, -0.15) is 0 Å². The number of carbonyl (C=O) groups excluding carboxylic acids is 5. The van der Waals surface area contributed by atoms with E-state index in [0.717, 1.165) is 92.6 Å². The Morgan fingerprint density at radius 2 is 1.68 bits per heavy atom. The molecule has 1 N–H and O–H groups in total. The van der Waals surface area contributed by atoms with Gasteiger partial charge in [-0.3, -0.25) is 34.0 Å². The van der Waals surface area contributed by atoms with Crippen molar-refractivity contribution in [2.45, 2.75) is 141 Å². The fourth-order valence-corrected chi connectivity index (χ4v) is 11.7. The molecular formula is C54H69F2N9O9S. The molecule has 7 heterocycles. The van der Waals surface area contributed by atoms with Crippen molar-refractivity contribution < 1.29 is 51.5 Å². The van der Waals surface area contributed by atoms with E-state index >= 15 is 0 Å². The summed E-state index contributed by atoms with van der Waals surface area (Å²) in [6.07, 6.45) is 8.71. The van der Waals surface area contributed by atoms with Gasteiger partial charge in [0.15, 0.2) is 17.4 Å². The molecule has 4 aromatic heterocycles. The van der Waals surface area contributed by atoms with Crippen LogP contribution in [0.5, 0.6) is 11.6 Å². The Balaban J connectivity index is 0.815. The summed E-state index contributed by atoms with van der Waals surface area (Å²) in [5, 5.41) is 9.43. The van der Waals surface area contributed by atoms with Crippen LogP contribution in [0.2, 0.25) is 0 Å². The molecule has 3 saturated heterocycles. The average Bonchev–Trinajstić information content (AvgIpc) is 4.23. The number of piperazine rings is 1. The van der Waals surface area contributed by atoms with Crippen molar-refractivity contribution in [1.29, 1.82) is 0 Å². The number of fused-ring (bicyclic) bond motifs is 2. The molecule has 5 aromatic rings. The molecule has 4 fully saturated rings. The third-order valence-corrected chi connectivity index (χ3v) is 16.1. The lowest BCUT2D eigenvalue weighted by Gasteiger charge is -2.42. The van der Waals surface area contributed by atoms with E-state index in [2.05, 4.69) is 20.4 Å². The maximum absolute atomic E-state index is 14.9. The first kappa shape index (κ1) is 53.5. The number of benzene rings is 1. The zero-order valence-electron chi connectivity index (χ0n) is 43.7. The Labute approximate surface area is 439 Å². The Bertz CT molecular complexity index is 2870. The second-order valence-corrected chi connectivity index (χ2v) is 22.5. The summed E-state index contributed by atoms with van der Waals surface area (Å²) in [5.74, 6) is -1.99. The number of thiophene rings is 1. The normalized spacial score (nSPS) is 20.1. The third-order valence-electron chi connectivity index (χ3n) is 15.2. The van der Waals surface area contributed by atoms with Crippen molar-refractivity contribution in [1.82, 2.24) is 44.5 Å². The van der Waals surface area contributed by atoms with Gasteiger partial charge in [-0.25, -0.2) is 13.6 Å². The average molecular weight is 1060 g/mol. The number of aromatic nitrogens is 3. The molecule has 0 bridgehead atoms. The van der Waals surface area contributed by atoms with Crippen LogP contribution < -0.4 is 14.8 Å². The van der Waals surface area contributed by atoms with Gasteiger partial charge in [-0.1, -0.05) is 19.3 Å². The van der Waals surface area contributed by atoms with E-state index < -0.39 is 53.3 Å². The quantitative estimate of drug-likeness (QED) is 0.108. The molecule has 4 aliphatic rings. The third kappa shape index (κ3) is 12.4. The fraction of sp³-hybridized carbons (Fsp3) is 0.574. The predicted octanol–water partition coefficient (Wildman–Crippen LogP) is 7.62. The number of rotatable bonds is 15. The maximum Gasteiger partial charge on any atom is 0.410 e. The number of ether oxygens (including phenoxy) is 3. The summed E-state index contributed by atoms with van der Waals surface area (Å²) in [6, 6.07) is 6.61. The van der Waals surface area contributed by atoms with Crippen LogP contribution >= 0.6 is 11.3 Å². The van der Waals surface area contributed by atoms with Gasteiger partial charge >= 0.3 is 6.09 Å². The number of amides is 5. The molecule has 1 saturated carbocycles. The second-order valence-electron chi connectivity index (χ2n) is 21.6. The Kier molecular flexibility index (Phi) is 16.3. The van der Waals surface area contributed by atoms with E-state index in [0.29, 0.717) is 31.2 Å². The summed E-state index contributed by atoms with van der Waals surface area (Å²) in [6.45, 7) is 11.6. The fourth-order valence-electron chi connectivity index (χ4n) is 10.9. The molecule has 4 atom stereocenters. The molecule has 404 valence electrons. The summed E-state index contributed by atoms with van der Waals surface area (Å²) in [4.78, 5) is 82.9. The zero-order valence-corrected chi connectivity index (χ0v) is 44.5. The number of hydrogen-bond acceptors (Lipinski definition) is 13. The van der Waals surface area contributed by atoms with E-state index in [-0.39, 0.29) is 79.3 Å². The van der Waals surface area contributed by atoms with Gasteiger partial charge in [0.2, 0.25) is 17.7 Å².